The van der Waals surface area contributed by atoms with Crippen LogP contribution in [0.25, 0.3) is 32.7 Å². The van der Waals surface area contributed by atoms with E-state index in [1.165, 1.54) is 0 Å². The van der Waals surface area contributed by atoms with E-state index in [9.17, 15) is 0 Å². The van der Waals surface area contributed by atoms with Crippen LogP contribution in [0.15, 0.2) is 66.7 Å². The SMILES string of the molecule is COCOc1ccc2ccccc2c1-c1c(OCOC)ccc2cc(CCl)ccc12. The molecular weight excluding hydrogens is 400 g/mol. The average molecular weight is 423 g/mol. The van der Waals surface area contributed by atoms with Crippen LogP contribution in [-0.4, -0.2) is 27.8 Å². The maximum atomic E-state index is 6.07. The van der Waals surface area contributed by atoms with Gasteiger partial charge in [-0.15, -0.1) is 11.6 Å². The second-order valence-corrected chi connectivity index (χ2v) is 7.16. The summed E-state index contributed by atoms with van der Waals surface area (Å²) in [6.07, 6.45) is 0. The van der Waals surface area contributed by atoms with Crippen molar-refractivity contribution in [3.05, 3.63) is 72.3 Å². The lowest BCUT2D eigenvalue weighted by atomic mass is 9.91. The van der Waals surface area contributed by atoms with Gasteiger partial charge in [-0.2, -0.15) is 0 Å². The summed E-state index contributed by atoms with van der Waals surface area (Å²) in [4.78, 5) is 0. The van der Waals surface area contributed by atoms with Crippen LogP contribution in [-0.2, 0) is 15.4 Å². The zero-order valence-corrected chi connectivity index (χ0v) is 17.7. The highest BCUT2D eigenvalue weighted by Gasteiger charge is 2.19. The molecule has 30 heavy (non-hydrogen) atoms. The fourth-order valence-corrected chi connectivity index (χ4v) is 3.86. The smallest absolute Gasteiger partial charge is 0.188 e. The molecule has 0 aliphatic heterocycles. The second-order valence-electron chi connectivity index (χ2n) is 6.89. The molecular formula is C25H23ClO4. The van der Waals surface area contributed by atoms with E-state index in [-0.39, 0.29) is 13.6 Å². The first-order valence-corrected chi connectivity index (χ1v) is 10.2. The molecule has 0 N–H and O–H groups in total. The van der Waals surface area contributed by atoms with Gasteiger partial charge >= 0.3 is 0 Å². The summed E-state index contributed by atoms with van der Waals surface area (Å²) in [5.74, 6) is 1.91. The highest BCUT2D eigenvalue weighted by Crippen LogP contribution is 2.45. The summed E-state index contributed by atoms with van der Waals surface area (Å²) in [5.41, 5.74) is 2.98. The van der Waals surface area contributed by atoms with Crippen molar-refractivity contribution in [2.75, 3.05) is 27.8 Å². The maximum Gasteiger partial charge on any atom is 0.188 e. The van der Waals surface area contributed by atoms with Gasteiger partial charge in [-0.05, 0) is 45.3 Å². The van der Waals surface area contributed by atoms with E-state index in [0.717, 1.165) is 49.7 Å². The lowest BCUT2D eigenvalue weighted by Crippen LogP contribution is -2.03. The zero-order chi connectivity index (χ0) is 20.9. The monoisotopic (exact) mass is 422 g/mol. The van der Waals surface area contributed by atoms with E-state index in [1.807, 2.05) is 36.4 Å². The summed E-state index contributed by atoms with van der Waals surface area (Å²) in [6.45, 7) is 0.304. The van der Waals surface area contributed by atoms with Gasteiger partial charge in [0.25, 0.3) is 0 Å². The lowest BCUT2D eigenvalue weighted by Gasteiger charge is -2.19. The van der Waals surface area contributed by atoms with E-state index in [4.69, 9.17) is 30.5 Å². The second kappa shape index (κ2) is 9.35. The van der Waals surface area contributed by atoms with Gasteiger partial charge in [0.05, 0.1) is 0 Å². The first-order valence-electron chi connectivity index (χ1n) is 9.64. The molecule has 4 nitrogen and oxygen atoms in total. The number of methoxy groups -OCH3 is 2. The standard InChI is InChI=1S/C25H23ClO4/c1-27-15-29-22-11-8-18-5-3-4-6-20(18)24(22)25-21-10-7-17(14-26)13-19(21)9-12-23(25)30-16-28-2/h3-13H,14-16H2,1-2H3. The third-order valence-electron chi connectivity index (χ3n) is 5.01. The number of ether oxygens (including phenoxy) is 4. The number of rotatable bonds is 8. The van der Waals surface area contributed by atoms with Gasteiger partial charge in [0, 0.05) is 31.2 Å². The quantitative estimate of drug-likeness (QED) is 0.244. The molecule has 4 aromatic carbocycles. The van der Waals surface area contributed by atoms with Crippen molar-refractivity contribution in [2.24, 2.45) is 0 Å². The zero-order valence-electron chi connectivity index (χ0n) is 17.0. The van der Waals surface area contributed by atoms with Gasteiger partial charge in [0.15, 0.2) is 13.6 Å². The Morgan fingerprint density at radius 2 is 1.27 bits per heavy atom. The predicted octanol–water partition coefficient (Wildman–Crippen LogP) is 6.36. The molecule has 0 aromatic heterocycles. The van der Waals surface area contributed by atoms with Crippen LogP contribution in [0.3, 0.4) is 0 Å². The molecule has 0 amide bonds. The van der Waals surface area contributed by atoms with E-state index >= 15 is 0 Å². The van der Waals surface area contributed by atoms with E-state index in [1.54, 1.807) is 14.2 Å². The van der Waals surface area contributed by atoms with Crippen molar-refractivity contribution in [3.8, 4) is 22.6 Å². The molecule has 4 rings (SSSR count). The molecule has 4 aromatic rings. The Balaban J connectivity index is 2.06. The minimum Gasteiger partial charge on any atom is -0.467 e. The Labute approximate surface area is 180 Å². The Morgan fingerprint density at radius 1 is 0.667 bits per heavy atom. The molecule has 0 saturated heterocycles. The molecule has 0 saturated carbocycles. The van der Waals surface area contributed by atoms with Gasteiger partial charge in [0.2, 0.25) is 0 Å². The Bertz CT molecular complexity index is 1170. The van der Waals surface area contributed by atoms with Crippen LogP contribution in [0.4, 0.5) is 0 Å². The minimum absolute atomic E-state index is 0.150. The van der Waals surface area contributed by atoms with Gasteiger partial charge in [-0.25, -0.2) is 0 Å². The molecule has 0 bridgehead atoms. The summed E-state index contributed by atoms with van der Waals surface area (Å²) in [5, 5.41) is 4.32. The third kappa shape index (κ3) is 3.94. The minimum atomic E-state index is 0.150. The summed E-state index contributed by atoms with van der Waals surface area (Å²) in [6, 6.07) is 22.5. The number of hydrogen-bond acceptors (Lipinski definition) is 4. The molecule has 0 aliphatic rings. The normalized spacial score (nSPS) is 11.2. The van der Waals surface area contributed by atoms with E-state index < -0.39 is 0 Å². The fourth-order valence-electron chi connectivity index (χ4n) is 3.70. The number of alkyl halides is 1. The van der Waals surface area contributed by atoms with Gasteiger partial charge < -0.3 is 18.9 Å². The Kier molecular flexibility index (Phi) is 6.38. The number of hydrogen-bond donors (Lipinski definition) is 0. The Morgan fingerprint density at radius 3 is 1.90 bits per heavy atom. The first kappa shape index (κ1) is 20.5. The van der Waals surface area contributed by atoms with E-state index in [0.29, 0.717) is 5.88 Å². The molecule has 0 radical (unpaired) electrons. The van der Waals surface area contributed by atoms with Gasteiger partial charge in [-0.1, -0.05) is 48.5 Å². The van der Waals surface area contributed by atoms with Crippen LogP contribution in [0, 0.1) is 0 Å². The molecule has 0 atom stereocenters. The third-order valence-corrected chi connectivity index (χ3v) is 5.31. The van der Waals surface area contributed by atoms with Gasteiger partial charge in [-0.3, -0.25) is 0 Å². The molecule has 0 fully saturated rings. The summed E-state index contributed by atoms with van der Waals surface area (Å²) < 4.78 is 22.3. The fraction of sp³-hybridized carbons (Fsp3) is 0.200. The number of halogens is 1. The molecule has 5 heteroatoms. The summed E-state index contributed by atoms with van der Waals surface area (Å²) >= 11 is 6.07. The van der Waals surface area contributed by atoms with Crippen molar-refractivity contribution in [3.63, 3.8) is 0 Å². The van der Waals surface area contributed by atoms with Crippen molar-refractivity contribution < 1.29 is 18.9 Å². The van der Waals surface area contributed by atoms with Gasteiger partial charge in [0.1, 0.15) is 11.5 Å². The predicted molar refractivity (Wildman–Crippen MR) is 121 cm³/mol. The van der Waals surface area contributed by atoms with Crippen molar-refractivity contribution in [1.29, 1.82) is 0 Å². The topological polar surface area (TPSA) is 36.9 Å². The first-order chi connectivity index (χ1) is 14.8. The lowest BCUT2D eigenvalue weighted by molar-refractivity contribution is 0.0502. The van der Waals surface area contributed by atoms with Crippen molar-refractivity contribution in [2.45, 2.75) is 5.88 Å². The summed E-state index contributed by atoms with van der Waals surface area (Å²) in [7, 11) is 3.22. The largest absolute Gasteiger partial charge is 0.467 e. The van der Waals surface area contributed by atoms with Crippen molar-refractivity contribution >= 4 is 33.1 Å². The molecule has 0 heterocycles. The van der Waals surface area contributed by atoms with Crippen molar-refractivity contribution in [1.82, 2.24) is 0 Å². The van der Waals surface area contributed by atoms with E-state index in [2.05, 4.69) is 30.3 Å². The number of benzene rings is 4. The highest BCUT2D eigenvalue weighted by atomic mass is 35.5. The molecule has 0 spiro atoms. The van der Waals surface area contributed by atoms with Crippen LogP contribution in [0.2, 0.25) is 0 Å². The highest BCUT2D eigenvalue weighted by molar-refractivity contribution is 6.17. The molecule has 0 unspecified atom stereocenters. The molecule has 0 aliphatic carbocycles. The average Bonchev–Trinajstić information content (AvgIpc) is 2.80. The number of fused-ring (bicyclic) bond motifs is 2. The Hall–Kier alpha value is -2.79. The molecule has 154 valence electrons. The van der Waals surface area contributed by atoms with Crippen LogP contribution < -0.4 is 9.47 Å². The maximum absolute atomic E-state index is 6.07. The van der Waals surface area contributed by atoms with Crippen LogP contribution >= 0.6 is 11.6 Å². The van der Waals surface area contributed by atoms with Crippen LogP contribution in [0.1, 0.15) is 5.56 Å². The van der Waals surface area contributed by atoms with Crippen LogP contribution in [0.5, 0.6) is 11.5 Å².